The Morgan fingerprint density at radius 1 is 1.12 bits per heavy atom. The van der Waals surface area contributed by atoms with E-state index in [1.54, 1.807) is 0 Å². The highest BCUT2D eigenvalue weighted by atomic mass is 32.2. The number of likely N-dealkylation sites (N-methyl/N-ethyl adjacent to an activating group) is 1. The first-order valence-electron chi connectivity index (χ1n) is 8.77. The molecule has 132 valence electrons. The summed E-state index contributed by atoms with van der Waals surface area (Å²) < 4.78 is 0. The van der Waals surface area contributed by atoms with Gasteiger partial charge in [-0.2, -0.15) is 0 Å². The van der Waals surface area contributed by atoms with Gasteiger partial charge in [0, 0.05) is 27.9 Å². The van der Waals surface area contributed by atoms with Gasteiger partial charge in [0.05, 0.1) is 11.4 Å². The molecular formula is C20H25N3S2. The molecule has 0 fully saturated rings. The lowest BCUT2D eigenvalue weighted by Gasteiger charge is -2.39. The van der Waals surface area contributed by atoms with Crippen molar-refractivity contribution >= 4 is 40.3 Å². The van der Waals surface area contributed by atoms with E-state index in [1.165, 1.54) is 21.2 Å². The maximum absolute atomic E-state index is 5.88. The van der Waals surface area contributed by atoms with E-state index < -0.39 is 0 Å². The Bertz CT molecular complexity index is 771. The van der Waals surface area contributed by atoms with Crippen LogP contribution < -0.4 is 10.6 Å². The van der Waals surface area contributed by atoms with Crippen LogP contribution in [0.2, 0.25) is 0 Å². The maximum Gasteiger partial charge on any atom is 0.104 e. The number of para-hydroxylation sites is 1. The molecule has 1 atom stereocenters. The largest absolute Gasteiger partial charge is 0.389 e. The van der Waals surface area contributed by atoms with Crippen LogP contribution in [0, 0.1) is 0 Å². The lowest BCUT2D eigenvalue weighted by atomic mass is 10.1. The zero-order valence-electron chi connectivity index (χ0n) is 15.0. The van der Waals surface area contributed by atoms with Crippen LogP contribution in [0.15, 0.2) is 52.3 Å². The fourth-order valence-electron chi connectivity index (χ4n) is 3.35. The molecule has 5 heteroatoms. The lowest BCUT2D eigenvalue weighted by Crippen LogP contribution is -2.41. The first kappa shape index (κ1) is 18.2. The standard InChI is InChI=1S/C20H25N3S2/c1-4-22(5-2)13-14(3)23-16-8-6-7-9-18(16)25-19-11-10-15(20(21)24)12-17(19)23/h6-12,14H,4-5,13H2,1-3H3,(H2,21,24)/t14-/m1/s1. The van der Waals surface area contributed by atoms with Crippen LogP contribution in [-0.2, 0) is 0 Å². The highest BCUT2D eigenvalue weighted by Gasteiger charge is 2.28. The SMILES string of the molecule is CCN(CC)C[C@@H](C)N1c2ccccc2Sc2ccc(C(N)=S)cc21. The Labute approximate surface area is 160 Å². The molecule has 0 bridgehead atoms. The Morgan fingerprint density at radius 2 is 1.80 bits per heavy atom. The van der Waals surface area contributed by atoms with E-state index in [0.29, 0.717) is 11.0 Å². The van der Waals surface area contributed by atoms with Gasteiger partial charge in [-0.05, 0) is 44.3 Å². The van der Waals surface area contributed by atoms with Gasteiger partial charge >= 0.3 is 0 Å². The van der Waals surface area contributed by atoms with E-state index in [-0.39, 0.29) is 0 Å². The second-order valence-corrected chi connectivity index (χ2v) is 7.85. The van der Waals surface area contributed by atoms with Crippen LogP contribution in [0.1, 0.15) is 26.3 Å². The molecule has 0 amide bonds. The number of nitrogens with zero attached hydrogens (tertiary/aromatic N) is 2. The Hall–Kier alpha value is -1.56. The van der Waals surface area contributed by atoms with Crippen LogP contribution in [0.3, 0.4) is 0 Å². The third-order valence-corrected chi connectivity index (χ3v) is 6.07. The van der Waals surface area contributed by atoms with E-state index >= 15 is 0 Å². The second kappa shape index (κ2) is 7.77. The predicted molar refractivity (Wildman–Crippen MR) is 112 cm³/mol. The summed E-state index contributed by atoms with van der Waals surface area (Å²) in [6, 6.07) is 15.3. The second-order valence-electron chi connectivity index (χ2n) is 6.32. The van der Waals surface area contributed by atoms with Gasteiger partial charge < -0.3 is 15.5 Å². The zero-order valence-corrected chi connectivity index (χ0v) is 16.7. The summed E-state index contributed by atoms with van der Waals surface area (Å²) in [7, 11) is 0. The molecule has 1 aliphatic heterocycles. The smallest absolute Gasteiger partial charge is 0.104 e. The molecule has 0 aromatic heterocycles. The van der Waals surface area contributed by atoms with Crippen LogP contribution >= 0.6 is 24.0 Å². The number of hydrogen-bond donors (Lipinski definition) is 1. The maximum atomic E-state index is 5.88. The van der Waals surface area contributed by atoms with E-state index in [9.17, 15) is 0 Å². The van der Waals surface area contributed by atoms with Gasteiger partial charge in [-0.15, -0.1) is 0 Å². The van der Waals surface area contributed by atoms with Crippen molar-refractivity contribution in [2.75, 3.05) is 24.5 Å². The number of rotatable bonds is 6. The zero-order chi connectivity index (χ0) is 18.0. The monoisotopic (exact) mass is 371 g/mol. The minimum Gasteiger partial charge on any atom is -0.389 e. The van der Waals surface area contributed by atoms with E-state index in [4.69, 9.17) is 18.0 Å². The quantitative estimate of drug-likeness (QED) is 0.747. The third kappa shape index (κ3) is 3.68. The molecular weight excluding hydrogens is 346 g/mol. The number of anilines is 2. The number of nitrogens with two attached hydrogens (primary N) is 1. The fraction of sp³-hybridized carbons (Fsp3) is 0.350. The molecule has 0 aliphatic carbocycles. The molecule has 3 rings (SSSR count). The molecule has 2 aromatic carbocycles. The summed E-state index contributed by atoms with van der Waals surface area (Å²) in [5.41, 5.74) is 9.28. The molecule has 0 saturated carbocycles. The molecule has 3 nitrogen and oxygen atoms in total. The van der Waals surface area contributed by atoms with Crippen molar-refractivity contribution in [2.24, 2.45) is 5.73 Å². The van der Waals surface area contributed by atoms with E-state index in [1.807, 2.05) is 17.8 Å². The predicted octanol–water partition coefficient (Wildman–Crippen LogP) is 4.65. The molecule has 25 heavy (non-hydrogen) atoms. The van der Waals surface area contributed by atoms with Gasteiger partial charge in [-0.1, -0.05) is 56.0 Å². The van der Waals surface area contributed by atoms with Crippen molar-refractivity contribution in [3.8, 4) is 0 Å². The average Bonchev–Trinajstić information content (AvgIpc) is 2.63. The van der Waals surface area contributed by atoms with Gasteiger partial charge in [-0.25, -0.2) is 0 Å². The van der Waals surface area contributed by atoms with E-state index in [0.717, 1.165) is 25.2 Å². The summed E-state index contributed by atoms with van der Waals surface area (Å²) in [6.45, 7) is 9.87. The van der Waals surface area contributed by atoms with Crippen molar-refractivity contribution in [3.05, 3.63) is 48.0 Å². The van der Waals surface area contributed by atoms with Crippen LogP contribution in [-0.4, -0.2) is 35.6 Å². The highest BCUT2D eigenvalue weighted by molar-refractivity contribution is 7.99. The molecule has 0 saturated heterocycles. The molecule has 0 spiro atoms. The van der Waals surface area contributed by atoms with Crippen molar-refractivity contribution < 1.29 is 0 Å². The molecule has 1 aliphatic rings. The van der Waals surface area contributed by atoms with E-state index in [2.05, 4.69) is 67.0 Å². The Balaban J connectivity index is 2.06. The summed E-state index contributed by atoms with van der Waals surface area (Å²) in [5.74, 6) is 0. The van der Waals surface area contributed by atoms with Crippen molar-refractivity contribution in [1.82, 2.24) is 4.90 Å². The molecule has 2 aromatic rings. The summed E-state index contributed by atoms with van der Waals surface area (Å²) in [5, 5.41) is 0. The van der Waals surface area contributed by atoms with Crippen LogP contribution in [0.25, 0.3) is 0 Å². The normalized spacial score (nSPS) is 14.2. The third-order valence-electron chi connectivity index (χ3n) is 4.71. The average molecular weight is 372 g/mol. The number of benzene rings is 2. The molecule has 0 unspecified atom stereocenters. The van der Waals surface area contributed by atoms with Gasteiger partial charge in [0.25, 0.3) is 0 Å². The first-order chi connectivity index (χ1) is 12.0. The highest BCUT2D eigenvalue weighted by Crippen LogP contribution is 2.49. The van der Waals surface area contributed by atoms with Gasteiger partial charge in [-0.3, -0.25) is 0 Å². The minimum absolute atomic E-state index is 0.349. The minimum atomic E-state index is 0.349. The Morgan fingerprint density at radius 3 is 2.48 bits per heavy atom. The van der Waals surface area contributed by atoms with Crippen molar-refractivity contribution in [3.63, 3.8) is 0 Å². The molecule has 2 N–H and O–H groups in total. The number of thiocarbonyl (C=S) groups is 1. The molecule has 1 heterocycles. The topological polar surface area (TPSA) is 32.5 Å². The number of fused-ring (bicyclic) bond motifs is 2. The van der Waals surface area contributed by atoms with Gasteiger partial charge in [0.2, 0.25) is 0 Å². The summed E-state index contributed by atoms with van der Waals surface area (Å²) in [6.07, 6.45) is 0. The summed E-state index contributed by atoms with van der Waals surface area (Å²) >= 11 is 7.02. The molecule has 0 radical (unpaired) electrons. The van der Waals surface area contributed by atoms with Crippen molar-refractivity contribution in [1.29, 1.82) is 0 Å². The van der Waals surface area contributed by atoms with Crippen LogP contribution in [0.5, 0.6) is 0 Å². The Kier molecular flexibility index (Phi) is 5.67. The lowest BCUT2D eigenvalue weighted by molar-refractivity contribution is 0.288. The number of hydrogen-bond acceptors (Lipinski definition) is 4. The van der Waals surface area contributed by atoms with Crippen molar-refractivity contribution in [2.45, 2.75) is 36.6 Å². The summed E-state index contributed by atoms with van der Waals surface area (Å²) in [4.78, 5) is 7.91. The van der Waals surface area contributed by atoms with Crippen LogP contribution in [0.4, 0.5) is 11.4 Å². The van der Waals surface area contributed by atoms with Gasteiger partial charge in [0.15, 0.2) is 0 Å². The first-order valence-corrected chi connectivity index (χ1v) is 10.00. The fourth-order valence-corrected chi connectivity index (χ4v) is 4.53. The van der Waals surface area contributed by atoms with Gasteiger partial charge in [0.1, 0.15) is 4.99 Å².